The zero-order chi connectivity index (χ0) is 14.4. The van der Waals surface area contributed by atoms with Crippen LogP contribution in [0, 0.1) is 10.5 Å². The molecule has 0 saturated carbocycles. The number of benzene rings is 2. The number of carbonyl (C=O) groups is 1. The van der Waals surface area contributed by atoms with Gasteiger partial charge in [0.15, 0.2) is 0 Å². The molecule has 2 aromatic carbocycles. The molecule has 0 bridgehead atoms. The number of nitrogens with one attached hydrogen (secondary N) is 1. The SMILES string of the molecule is Cc1cccc(OCCNC(=O)c2ccccc2I)c1. The molecule has 0 aromatic heterocycles. The summed E-state index contributed by atoms with van der Waals surface area (Å²) in [7, 11) is 0. The first-order chi connectivity index (χ1) is 9.66. The summed E-state index contributed by atoms with van der Waals surface area (Å²) in [6, 6.07) is 15.4. The fraction of sp³-hybridized carbons (Fsp3) is 0.188. The van der Waals surface area contributed by atoms with E-state index in [9.17, 15) is 4.79 Å². The van der Waals surface area contributed by atoms with Gasteiger partial charge in [0.2, 0.25) is 0 Å². The lowest BCUT2D eigenvalue weighted by atomic mass is 10.2. The predicted molar refractivity (Wildman–Crippen MR) is 88.2 cm³/mol. The normalized spacial score (nSPS) is 10.1. The van der Waals surface area contributed by atoms with Crippen LogP contribution in [0.15, 0.2) is 48.5 Å². The smallest absolute Gasteiger partial charge is 0.252 e. The van der Waals surface area contributed by atoms with Gasteiger partial charge in [-0.25, -0.2) is 0 Å². The molecule has 20 heavy (non-hydrogen) atoms. The van der Waals surface area contributed by atoms with Crippen LogP contribution in [0.2, 0.25) is 0 Å². The third kappa shape index (κ3) is 4.23. The van der Waals surface area contributed by atoms with Crippen molar-refractivity contribution in [1.82, 2.24) is 5.32 Å². The van der Waals surface area contributed by atoms with Gasteiger partial charge in [0.25, 0.3) is 5.91 Å². The molecule has 104 valence electrons. The van der Waals surface area contributed by atoms with Crippen molar-refractivity contribution in [3.8, 4) is 5.75 Å². The van der Waals surface area contributed by atoms with E-state index in [-0.39, 0.29) is 5.91 Å². The maximum Gasteiger partial charge on any atom is 0.252 e. The first-order valence-corrected chi connectivity index (χ1v) is 7.47. The van der Waals surface area contributed by atoms with Crippen molar-refractivity contribution in [2.45, 2.75) is 6.92 Å². The van der Waals surface area contributed by atoms with Gasteiger partial charge in [-0.05, 0) is 59.3 Å². The fourth-order valence-electron chi connectivity index (χ4n) is 1.78. The van der Waals surface area contributed by atoms with E-state index in [1.54, 1.807) is 0 Å². The second-order valence-corrected chi connectivity index (χ2v) is 5.56. The minimum atomic E-state index is -0.0668. The maximum absolute atomic E-state index is 12.0. The van der Waals surface area contributed by atoms with Gasteiger partial charge in [0, 0.05) is 3.57 Å². The Morgan fingerprint density at radius 3 is 2.75 bits per heavy atom. The Morgan fingerprint density at radius 2 is 2.00 bits per heavy atom. The van der Waals surface area contributed by atoms with Crippen LogP contribution >= 0.6 is 22.6 Å². The standard InChI is InChI=1S/C16H16INO2/c1-12-5-4-6-13(11-12)20-10-9-18-16(19)14-7-2-3-8-15(14)17/h2-8,11H,9-10H2,1H3,(H,18,19). The molecule has 0 unspecified atom stereocenters. The summed E-state index contributed by atoms with van der Waals surface area (Å²) < 4.78 is 6.53. The fourth-order valence-corrected chi connectivity index (χ4v) is 2.41. The minimum Gasteiger partial charge on any atom is -0.492 e. The van der Waals surface area contributed by atoms with Crippen molar-refractivity contribution in [1.29, 1.82) is 0 Å². The van der Waals surface area contributed by atoms with E-state index < -0.39 is 0 Å². The maximum atomic E-state index is 12.0. The topological polar surface area (TPSA) is 38.3 Å². The van der Waals surface area contributed by atoms with Crippen LogP contribution in [0.25, 0.3) is 0 Å². The van der Waals surface area contributed by atoms with Crippen molar-refractivity contribution in [2.75, 3.05) is 13.2 Å². The summed E-state index contributed by atoms with van der Waals surface area (Å²) in [6.07, 6.45) is 0. The highest BCUT2D eigenvalue weighted by Crippen LogP contribution is 2.12. The third-order valence-corrected chi connectivity index (χ3v) is 3.71. The van der Waals surface area contributed by atoms with Crippen molar-refractivity contribution < 1.29 is 9.53 Å². The Morgan fingerprint density at radius 1 is 1.20 bits per heavy atom. The van der Waals surface area contributed by atoms with E-state index in [0.29, 0.717) is 18.7 Å². The van der Waals surface area contributed by atoms with Crippen LogP contribution < -0.4 is 10.1 Å². The molecule has 2 aromatic rings. The summed E-state index contributed by atoms with van der Waals surface area (Å²) in [6.45, 7) is 2.96. The van der Waals surface area contributed by atoms with E-state index in [2.05, 4.69) is 27.9 Å². The van der Waals surface area contributed by atoms with Gasteiger partial charge in [0.1, 0.15) is 12.4 Å². The van der Waals surface area contributed by atoms with Crippen molar-refractivity contribution >= 4 is 28.5 Å². The molecule has 3 nitrogen and oxygen atoms in total. The zero-order valence-corrected chi connectivity index (χ0v) is 13.4. The monoisotopic (exact) mass is 381 g/mol. The van der Waals surface area contributed by atoms with Gasteiger partial charge in [0.05, 0.1) is 12.1 Å². The first-order valence-electron chi connectivity index (χ1n) is 6.39. The van der Waals surface area contributed by atoms with E-state index in [4.69, 9.17) is 4.74 Å². The van der Waals surface area contributed by atoms with E-state index in [0.717, 1.165) is 14.9 Å². The van der Waals surface area contributed by atoms with Crippen molar-refractivity contribution in [3.05, 3.63) is 63.2 Å². The molecule has 0 atom stereocenters. The molecule has 2 rings (SSSR count). The van der Waals surface area contributed by atoms with E-state index in [1.807, 2.05) is 55.5 Å². The predicted octanol–water partition coefficient (Wildman–Crippen LogP) is 3.41. The van der Waals surface area contributed by atoms with E-state index in [1.165, 1.54) is 0 Å². The van der Waals surface area contributed by atoms with Crippen LogP contribution in [0.4, 0.5) is 0 Å². The van der Waals surface area contributed by atoms with Gasteiger partial charge in [-0.15, -0.1) is 0 Å². The Balaban J connectivity index is 1.79. The second kappa shape index (κ2) is 7.28. The molecule has 4 heteroatoms. The summed E-state index contributed by atoms with van der Waals surface area (Å²) in [5.74, 6) is 0.761. The average Bonchev–Trinajstić information content (AvgIpc) is 2.44. The summed E-state index contributed by atoms with van der Waals surface area (Å²) in [4.78, 5) is 12.0. The van der Waals surface area contributed by atoms with Crippen LogP contribution in [0.5, 0.6) is 5.75 Å². The summed E-state index contributed by atoms with van der Waals surface area (Å²) in [5, 5.41) is 2.86. The van der Waals surface area contributed by atoms with Crippen LogP contribution in [-0.4, -0.2) is 19.1 Å². The highest BCUT2D eigenvalue weighted by molar-refractivity contribution is 14.1. The molecule has 0 radical (unpaired) electrons. The molecule has 0 aliphatic rings. The van der Waals surface area contributed by atoms with Gasteiger partial charge in [-0.1, -0.05) is 24.3 Å². The average molecular weight is 381 g/mol. The lowest BCUT2D eigenvalue weighted by Gasteiger charge is -2.09. The summed E-state index contributed by atoms with van der Waals surface area (Å²) >= 11 is 2.16. The number of aryl methyl sites for hydroxylation is 1. The number of amides is 1. The molecule has 0 heterocycles. The summed E-state index contributed by atoms with van der Waals surface area (Å²) in [5.41, 5.74) is 1.86. The lowest BCUT2D eigenvalue weighted by molar-refractivity contribution is 0.0946. The first kappa shape index (κ1) is 14.8. The van der Waals surface area contributed by atoms with Gasteiger partial charge < -0.3 is 10.1 Å². The number of hydrogen-bond acceptors (Lipinski definition) is 2. The molecular formula is C16H16INO2. The van der Waals surface area contributed by atoms with Crippen LogP contribution in [0.1, 0.15) is 15.9 Å². The highest BCUT2D eigenvalue weighted by Gasteiger charge is 2.07. The molecule has 0 spiro atoms. The molecule has 0 aliphatic carbocycles. The van der Waals surface area contributed by atoms with Crippen molar-refractivity contribution in [3.63, 3.8) is 0 Å². The molecule has 0 aliphatic heterocycles. The number of carbonyl (C=O) groups excluding carboxylic acids is 1. The van der Waals surface area contributed by atoms with Gasteiger partial charge >= 0.3 is 0 Å². The number of hydrogen-bond donors (Lipinski definition) is 1. The lowest BCUT2D eigenvalue weighted by Crippen LogP contribution is -2.28. The molecule has 1 amide bonds. The zero-order valence-electron chi connectivity index (χ0n) is 11.2. The molecular weight excluding hydrogens is 365 g/mol. The largest absolute Gasteiger partial charge is 0.492 e. The van der Waals surface area contributed by atoms with Crippen molar-refractivity contribution in [2.24, 2.45) is 0 Å². The van der Waals surface area contributed by atoms with Crippen LogP contribution in [0.3, 0.4) is 0 Å². The van der Waals surface area contributed by atoms with E-state index >= 15 is 0 Å². The Labute approximate surface area is 132 Å². The Hall–Kier alpha value is -1.56. The van der Waals surface area contributed by atoms with Gasteiger partial charge in [-0.3, -0.25) is 4.79 Å². The Kier molecular flexibility index (Phi) is 5.40. The third-order valence-electron chi connectivity index (χ3n) is 2.76. The molecule has 0 saturated heterocycles. The quantitative estimate of drug-likeness (QED) is 0.637. The highest BCUT2D eigenvalue weighted by atomic mass is 127. The van der Waals surface area contributed by atoms with Gasteiger partial charge in [-0.2, -0.15) is 0 Å². The Bertz CT molecular complexity index is 599. The second-order valence-electron chi connectivity index (χ2n) is 4.40. The number of halogens is 1. The van der Waals surface area contributed by atoms with Crippen LogP contribution in [-0.2, 0) is 0 Å². The molecule has 1 N–H and O–H groups in total. The number of rotatable bonds is 5. The molecule has 0 fully saturated rings. The number of ether oxygens (including phenoxy) is 1. The minimum absolute atomic E-state index is 0.0668.